The smallest absolute Gasteiger partial charge is 0.269 e. The molecule has 0 aliphatic rings. The Morgan fingerprint density at radius 3 is 2.84 bits per heavy atom. The normalized spacial score (nSPS) is 10.7. The zero-order chi connectivity index (χ0) is 13.7. The fourth-order valence-corrected chi connectivity index (χ4v) is 1.62. The number of aromatic nitrogens is 3. The predicted octanol–water partition coefficient (Wildman–Crippen LogP) is 1.75. The summed E-state index contributed by atoms with van der Waals surface area (Å²) in [6, 6.07) is 7.18. The molecule has 0 fully saturated rings. The van der Waals surface area contributed by atoms with Gasteiger partial charge in [0.2, 0.25) is 0 Å². The Labute approximate surface area is 112 Å². The second-order valence-electron chi connectivity index (χ2n) is 4.84. The highest BCUT2D eigenvalue weighted by Gasteiger charge is 2.02. The standard InChI is InChI=1S/C14H18N4O/c1-11(2)8-16-13-7-14(19)18(17-9-13)10-12-5-3-4-6-15-12/h3-7,9,11,16H,8,10H2,1-2H3. The maximum absolute atomic E-state index is 11.9. The Bertz CT molecular complexity index is 577. The molecule has 0 amide bonds. The molecular weight excluding hydrogens is 240 g/mol. The van der Waals surface area contributed by atoms with Crippen molar-refractivity contribution in [2.45, 2.75) is 20.4 Å². The number of hydrogen-bond acceptors (Lipinski definition) is 4. The van der Waals surface area contributed by atoms with E-state index in [-0.39, 0.29) is 5.56 Å². The van der Waals surface area contributed by atoms with E-state index >= 15 is 0 Å². The fraction of sp³-hybridized carbons (Fsp3) is 0.357. The van der Waals surface area contributed by atoms with Gasteiger partial charge < -0.3 is 5.32 Å². The van der Waals surface area contributed by atoms with Gasteiger partial charge in [-0.1, -0.05) is 19.9 Å². The van der Waals surface area contributed by atoms with Gasteiger partial charge in [0.25, 0.3) is 5.56 Å². The first-order valence-electron chi connectivity index (χ1n) is 6.36. The van der Waals surface area contributed by atoms with E-state index in [4.69, 9.17) is 0 Å². The number of rotatable bonds is 5. The summed E-state index contributed by atoms with van der Waals surface area (Å²) in [5.74, 6) is 0.524. The van der Waals surface area contributed by atoms with Crippen molar-refractivity contribution in [1.29, 1.82) is 0 Å². The van der Waals surface area contributed by atoms with Crippen LogP contribution in [0.3, 0.4) is 0 Å². The zero-order valence-electron chi connectivity index (χ0n) is 11.2. The first-order valence-corrected chi connectivity index (χ1v) is 6.36. The lowest BCUT2D eigenvalue weighted by Crippen LogP contribution is -2.24. The molecule has 0 spiro atoms. The van der Waals surface area contributed by atoms with Crippen LogP contribution < -0.4 is 10.9 Å². The molecule has 0 saturated carbocycles. The maximum atomic E-state index is 11.9. The van der Waals surface area contributed by atoms with E-state index in [1.807, 2.05) is 18.2 Å². The molecule has 0 aliphatic heterocycles. The van der Waals surface area contributed by atoms with Crippen molar-refractivity contribution in [2.75, 3.05) is 11.9 Å². The van der Waals surface area contributed by atoms with Crippen molar-refractivity contribution in [3.8, 4) is 0 Å². The summed E-state index contributed by atoms with van der Waals surface area (Å²) in [6.45, 7) is 5.45. The second kappa shape index (κ2) is 6.13. The van der Waals surface area contributed by atoms with Crippen LogP contribution in [-0.4, -0.2) is 21.3 Å². The molecule has 0 radical (unpaired) electrons. The van der Waals surface area contributed by atoms with Gasteiger partial charge in [-0.15, -0.1) is 0 Å². The molecule has 0 aromatic carbocycles. The van der Waals surface area contributed by atoms with Crippen LogP contribution in [-0.2, 0) is 6.54 Å². The molecule has 2 rings (SSSR count). The van der Waals surface area contributed by atoms with Crippen molar-refractivity contribution in [3.05, 3.63) is 52.7 Å². The molecule has 5 heteroatoms. The van der Waals surface area contributed by atoms with Gasteiger partial charge in [-0.2, -0.15) is 5.10 Å². The van der Waals surface area contributed by atoms with Crippen LogP contribution in [0.15, 0.2) is 41.5 Å². The maximum Gasteiger partial charge on any atom is 0.269 e. The summed E-state index contributed by atoms with van der Waals surface area (Å²) in [7, 11) is 0. The van der Waals surface area contributed by atoms with Crippen LogP contribution >= 0.6 is 0 Å². The lowest BCUT2D eigenvalue weighted by molar-refractivity contribution is 0.626. The summed E-state index contributed by atoms with van der Waals surface area (Å²) in [5, 5.41) is 7.34. The number of hydrogen-bond donors (Lipinski definition) is 1. The molecule has 0 atom stereocenters. The summed E-state index contributed by atoms with van der Waals surface area (Å²) >= 11 is 0. The molecule has 2 aromatic rings. The van der Waals surface area contributed by atoms with Gasteiger partial charge in [-0.3, -0.25) is 9.78 Å². The summed E-state index contributed by atoms with van der Waals surface area (Å²) in [5.41, 5.74) is 1.45. The van der Waals surface area contributed by atoms with E-state index in [1.54, 1.807) is 18.5 Å². The Morgan fingerprint density at radius 2 is 2.21 bits per heavy atom. The van der Waals surface area contributed by atoms with Gasteiger partial charge in [0, 0.05) is 18.8 Å². The molecule has 5 nitrogen and oxygen atoms in total. The average Bonchev–Trinajstić information content (AvgIpc) is 2.40. The molecule has 0 unspecified atom stereocenters. The average molecular weight is 258 g/mol. The van der Waals surface area contributed by atoms with E-state index in [0.717, 1.165) is 17.9 Å². The third-order valence-electron chi connectivity index (χ3n) is 2.62. The highest BCUT2D eigenvalue weighted by Crippen LogP contribution is 2.02. The Morgan fingerprint density at radius 1 is 1.37 bits per heavy atom. The lowest BCUT2D eigenvalue weighted by Gasteiger charge is -2.09. The Kier molecular flexibility index (Phi) is 4.28. The Hall–Kier alpha value is -2.17. The van der Waals surface area contributed by atoms with Gasteiger partial charge >= 0.3 is 0 Å². The zero-order valence-corrected chi connectivity index (χ0v) is 11.2. The van der Waals surface area contributed by atoms with Crippen molar-refractivity contribution < 1.29 is 0 Å². The van der Waals surface area contributed by atoms with Crippen LogP contribution in [0.4, 0.5) is 5.69 Å². The molecule has 2 aromatic heterocycles. The van der Waals surface area contributed by atoms with Crippen molar-refractivity contribution in [1.82, 2.24) is 14.8 Å². The number of pyridine rings is 1. The van der Waals surface area contributed by atoms with Gasteiger partial charge in [-0.25, -0.2) is 4.68 Å². The van der Waals surface area contributed by atoms with E-state index in [0.29, 0.717) is 12.5 Å². The van der Waals surface area contributed by atoms with Crippen molar-refractivity contribution >= 4 is 5.69 Å². The minimum atomic E-state index is -0.126. The van der Waals surface area contributed by atoms with Gasteiger partial charge in [0.1, 0.15) is 0 Å². The second-order valence-corrected chi connectivity index (χ2v) is 4.84. The first-order chi connectivity index (χ1) is 9.15. The van der Waals surface area contributed by atoms with Crippen LogP contribution in [0.5, 0.6) is 0 Å². The van der Waals surface area contributed by atoms with Gasteiger partial charge in [-0.05, 0) is 18.1 Å². The molecule has 0 bridgehead atoms. The SMILES string of the molecule is CC(C)CNc1cnn(Cc2ccccn2)c(=O)c1. The molecular formula is C14H18N4O. The van der Waals surface area contributed by atoms with Crippen molar-refractivity contribution in [2.24, 2.45) is 5.92 Å². The highest BCUT2D eigenvalue weighted by molar-refractivity contribution is 5.38. The molecule has 0 aliphatic carbocycles. The van der Waals surface area contributed by atoms with Crippen LogP contribution in [0, 0.1) is 5.92 Å². The van der Waals surface area contributed by atoms with E-state index in [1.165, 1.54) is 4.68 Å². The van der Waals surface area contributed by atoms with Crippen LogP contribution in [0.1, 0.15) is 19.5 Å². The lowest BCUT2D eigenvalue weighted by atomic mass is 10.2. The molecule has 2 heterocycles. The minimum Gasteiger partial charge on any atom is -0.383 e. The van der Waals surface area contributed by atoms with Crippen LogP contribution in [0.25, 0.3) is 0 Å². The van der Waals surface area contributed by atoms with Gasteiger partial charge in [0.05, 0.1) is 24.1 Å². The summed E-state index contributed by atoms with van der Waals surface area (Å²) < 4.78 is 1.41. The fourth-order valence-electron chi connectivity index (χ4n) is 1.62. The van der Waals surface area contributed by atoms with E-state index in [9.17, 15) is 4.79 Å². The topological polar surface area (TPSA) is 59.8 Å². The number of nitrogens with zero attached hydrogens (tertiary/aromatic N) is 3. The third kappa shape index (κ3) is 3.91. The number of anilines is 1. The highest BCUT2D eigenvalue weighted by atomic mass is 16.1. The molecule has 19 heavy (non-hydrogen) atoms. The number of nitrogens with one attached hydrogen (secondary N) is 1. The van der Waals surface area contributed by atoms with Gasteiger partial charge in [0.15, 0.2) is 0 Å². The Balaban J connectivity index is 2.09. The molecule has 100 valence electrons. The molecule has 0 saturated heterocycles. The largest absolute Gasteiger partial charge is 0.383 e. The quantitative estimate of drug-likeness (QED) is 0.887. The first kappa shape index (κ1) is 13.3. The van der Waals surface area contributed by atoms with E-state index < -0.39 is 0 Å². The monoisotopic (exact) mass is 258 g/mol. The molecule has 1 N–H and O–H groups in total. The minimum absolute atomic E-state index is 0.126. The summed E-state index contributed by atoms with van der Waals surface area (Å²) in [6.07, 6.45) is 3.38. The van der Waals surface area contributed by atoms with Crippen molar-refractivity contribution in [3.63, 3.8) is 0 Å². The third-order valence-corrected chi connectivity index (χ3v) is 2.62. The summed E-state index contributed by atoms with van der Waals surface area (Å²) in [4.78, 5) is 16.1. The predicted molar refractivity (Wildman–Crippen MR) is 75.2 cm³/mol. The van der Waals surface area contributed by atoms with E-state index in [2.05, 4.69) is 29.2 Å². The van der Waals surface area contributed by atoms with Crippen LogP contribution in [0.2, 0.25) is 0 Å².